The molecule has 0 radical (unpaired) electrons. The fraction of sp³-hybridized carbons (Fsp3) is 0.200. The van der Waals surface area contributed by atoms with E-state index < -0.39 is 11.8 Å². The van der Waals surface area contributed by atoms with Crippen LogP contribution in [0, 0.1) is 19.7 Å². The molecule has 2 aromatic rings. The topological polar surface area (TPSA) is 51.2 Å². The van der Waals surface area contributed by atoms with Crippen molar-refractivity contribution in [2.75, 3.05) is 12.4 Å². The third-order valence-corrected chi connectivity index (χ3v) is 3.32. The highest BCUT2D eigenvalue weighted by Gasteiger charge is 2.17. The quantitative estimate of drug-likeness (QED) is 0.687. The molecule has 0 aliphatic carbocycles. The molecule has 110 valence electrons. The second-order valence-corrected chi connectivity index (χ2v) is 4.95. The van der Waals surface area contributed by atoms with Crippen LogP contribution in [0.15, 0.2) is 24.3 Å². The number of aryl methyl sites for hydroxylation is 2. The molecule has 2 rings (SSSR count). The second kappa shape index (κ2) is 6.10. The molecular formula is C15H14ClFN2O2. The number of rotatable bonds is 3. The zero-order chi connectivity index (χ0) is 15.6. The van der Waals surface area contributed by atoms with Crippen LogP contribution in [0.1, 0.15) is 21.5 Å². The standard InChI is InChI=1S/C15H14ClFN2O2/c1-8-4-5-12(11(17)6-8)18-14-10(15(20)21-3)7-9(2)13(16)19-14/h4-7H,1-3H3,(H,18,19). The molecule has 0 spiro atoms. The summed E-state index contributed by atoms with van der Waals surface area (Å²) in [4.78, 5) is 15.9. The molecule has 1 heterocycles. The molecule has 0 fully saturated rings. The molecule has 0 bridgehead atoms. The summed E-state index contributed by atoms with van der Waals surface area (Å²) >= 11 is 5.97. The Hall–Kier alpha value is -2.14. The highest BCUT2D eigenvalue weighted by Crippen LogP contribution is 2.26. The number of hydrogen-bond acceptors (Lipinski definition) is 4. The van der Waals surface area contributed by atoms with Crippen molar-refractivity contribution in [2.24, 2.45) is 0 Å². The van der Waals surface area contributed by atoms with Gasteiger partial charge in [0.05, 0.1) is 12.8 Å². The van der Waals surface area contributed by atoms with Gasteiger partial charge in [0.2, 0.25) is 0 Å². The molecule has 0 unspecified atom stereocenters. The maximum Gasteiger partial charge on any atom is 0.341 e. The number of nitrogens with zero attached hydrogens (tertiary/aromatic N) is 1. The summed E-state index contributed by atoms with van der Waals surface area (Å²) in [5.41, 5.74) is 1.82. The summed E-state index contributed by atoms with van der Waals surface area (Å²) in [7, 11) is 1.27. The lowest BCUT2D eigenvalue weighted by Gasteiger charge is -2.12. The zero-order valence-electron chi connectivity index (χ0n) is 11.8. The van der Waals surface area contributed by atoms with Crippen LogP contribution < -0.4 is 5.32 Å². The van der Waals surface area contributed by atoms with E-state index in [4.69, 9.17) is 16.3 Å². The number of halogens is 2. The molecule has 1 N–H and O–H groups in total. The minimum Gasteiger partial charge on any atom is -0.465 e. The summed E-state index contributed by atoms with van der Waals surface area (Å²) in [6, 6.07) is 6.26. The second-order valence-electron chi connectivity index (χ2n) is 4.59. The van der Waals surface area contributed by atoms with Crippen molar-refractivity contribution in [1.29, 1.82) is 0 Å². The number of anilines is 2. The van der Waals surface area contributed by atoms with Gasteiger partial charge in [-0.05, 0) is 43.2 Å². The minimum absolute atomic E-state index is 0.153. The van der Waals surface area contributed by atoms with E-state index in [-0.39, 0.29) is 22.2 Å². The first-order valence-electron chi connectivity index (χ1n) is 6.21. The maximum absolute atomic E-state index is 13.9. The van der Waals surface area contributed by atoms with E-state index in [1.165, 1.54) is 13.2 Å². The average Bonchev–Trinajstić information content (AvgIpc) is 2.44. The van der Waals surface area contributed by atoms with Gasteiger partial charge in [-0.3, -0.25) is 0 Å². The lowest BCUT2D eigenvalue weighted by atomic mass is 10.2. The van der Waals surface area contributed by atoms with Gasteiger partial charge in [0.15, 0.2) is 0 Å². The molecule has 0 atom stereocenters. The summed E-state index contributed by atoms with van der Waals surface area (Å²) in [6.07, 6.45) is 0. The first kappa shape index (κ1) is 15.3. The number of aromatic nitrogens is 1. The Bertz CT molecular complexity index is 704. The Morgan fingerprint density at radius 2 is 2.05 bits per heavy atom. The molecule has 21 heavy (non-hydrogen) atoms. The van der Waals surface area contributed by atoms with E-state index in [2.05, 4.69) is 10.3 Å². The van der Waals surface area contributed by atoms with Crippen LogP contribution in [-0.2, 0) is 4.74 Å². The zero-order valence-corrected chi connectivity index (χ0v) is 12.6. The number of methoxy groups -OCH3 is 1. The Morgan fingerprint density at radius 3 is 2.67 bits per heavy atom. The lowest BCUT2D eigenvalue weighted by molar-refractivity contribution is 0.0601. The maximum atomic E-state index is 13.9. The van der Waals surface area contributed by atoms with Gasteiger partial charge in [0, 0.05) is 0 Å². The molecule has 0 saturated carbocycles. The van der Waals surface area contributed by atoms with E-state index in [1.807, 2.05) is 0 Å². The van der Waals surface area contributed by atoms with E-state index in [0.717, 1.165) is 5.56 Å². The van der Waals surface area contributed by atoms with Crippen molar-refractivity contribution in [3.05, 3.63) is 51.9 Å². The molecule has 4 nitrogen and oxygen atoms in total. The lowest BCUT2D eigenvalue weighted by Crippen LogP contribution is -2.09. The fourth-order valence-corrected chi connectivity index (χ4v) is 1.94. The van der Waals surface area contributed by atoms with Crippen molar-refractivity contribution in [3.8, 4) is 0 Å². The smallest absolute Gasteiger partial charge is 0.341 e. The third-order valence-electron chi connectivity index (χ3n) is 2.93. The van der Waals surface area contributed by atoms with Gasteiger partial charge in [-0.25, -0.2) is 14.2 Å². The van der Waals surface area contributed by atoms with E-state index in [1.54, 1.807) is 32.0 Å². The van der Waals surface area contributed by atoms with Gasteiger partial charge in [0.25, 0.3) is 0 Å². The number of carbonyl (C=O) groups is 1. The molecule has 0 aliphatic heterocycles. The number of hydrogen-bond donors (Lipinski definition) is 1. The van der Waals surface area contributed by atoms with Crippen molar-refractivity contribution in [3.63, 3.8) is 0 Å². The first-order chi connectivity index (χ1) is 9.92. The van der Waals surface area contributed by atoms with Gasteiger partial charge < -0.3 is 10.1 Å². The Morgan fingerprint density at radius 1 is 1.33 bits per heavy atom. The highest BCUT2D eigenvalue weighted by atomic mass is 35.5. The Kier molecular flexibility index (Phi) is 4.43. The third kappa shape index (κ3) is 3.31. The van der Waals surface area contributed by atoms with E-state index in [9.17, 15) is 9.18 Å². The van der Waals surface area contributed by atoms with Crippen molar-refractivity contribution >= 4 is 29.1 Å². The monoisotopic (exact) mass is 308 g/mol. The number of carbonyl (C=O) groups excluding carboxylic acids is 1. The highest BCUT2D eigenvalue weighted by molar-refractivity contribution is 6.30. The van der Waals surface area contributed by atoms with E-state index in [0.29, 0.717) is 5.56 Å². The van der Waals surface area contributed by atoms with Crippen LogP contribution >= 0.6 is 11.6 Å². The predicted octanol–water partition coefficient (Wildman–Crippen LogP) is 4.02. The molecule has 1 aromatic carbocycles. The van der Waals surface area contributed by atoms with Crippen LogP contribution in [0.3, 0.4) is 0 Å². The van der Waals surface area contributed by atoms with Crippen molar-refractivity contribution in [1.82, 2.24) is 4.98 Å². The van der Waals surface area contributed by atoms with Crippen LogP contribution in [0.2, 0.25) is 5.15 Å². The van der Waals surface area contributed by atoms with Crippen LogP contribution in [0.25, 0.3) is 0 Å². The van der Waals surface area contributed by atoms with Crippen LogP contribution in [0.4, 0.5) is 15.9 Å². The predicted molar refractivity (Wildman–Crippen MR) is 79.7 cm³/mol. The average molecular weight is 309 g/mol. The summed E-state index contributed by atoms with van der Waals surface area (Å²) in [6.45, 7) is 3.51. The first-order valence-corrected chi connectivity index (χ1v) is 6.59. The van der Waals surface area contributed by atoms with Gasteiger partial charge in [-0.15, -0.1) is 0 Å². The molecule has 0 aliphatic rings. The number of pyridine rings is 1. The number of esters is 1. The molecule has 0 saturated heterocycles. The summed E-state index contributed by atoms with van der Waals surface area (Å²) in [5.74, 6) is -0.859. The molecule has 1 aromatic heterocycles. The van der Waals surface area contributed by atoms with Gasteiger partial charge in [-0.2, -0.15) is 0 Å². The van der Waals surface area contributed by atoms with Crippen LogP contribution in [-0.4, -0.2) is 18.1 Å². The Labute approximate surface area is 126 Å². The Balaban J connectivity index is 2.47. The normalized spacial score (nSPS) is 10.3. The number of benzene rings is 1. The van der Waals surface area contributed by atoms with Crippen molar-refractivity contribution < 1.29 is 13.9 Å². The van der Waals surface area contributed by atoms with Gasteiger partial charge >= 0.3 is 5.97 Å². The SMILES string of the molecule is COC(=O)c1cc(C)c(Cl)nc1Nc1ccc(C)cc1F. The van der Waals surface area contributed by atoms with Crippen LogP contribution in [0.5, 0.6) is 0 Å². The molecule has 0 amide bonds. The van der Waals surface area contributed by atoms with Gasteiger partial charge in [-0.1, -0.05) is 17.7 Å². The fourth-order valence-electron chi connectivity index (χ4n) is 1.80. The number of nitrogens with one attached hydrogen (secondary N) is 1. The molecular weight excluding hydrogens is 295 g/mol. The summed E-state index contributed by atoms with van der Waals surface area (Å²) in [5, 5.41) is 3.01. The molecule has 6 heteroatoms. The van der Waals surface area contributed by atoms with Crippen molar-refractivity contribution in [2.45, 2.75) is 13.8 Å². The summed E-state index contributed by atoms with van der Waals surface area (Å²) < 4.78 is 18.6. The van der Waals surface area contributed by atoms with Gasteiger partial charge in [0.1, 0.15) is 22.4 Å². The number of ether oxygens (including phenoxy) is 1. The largest absolute Gasteiger partial charge is 0.465 e. The van der Waals surface area contributed by atoms with E-state index >= 15 is 0 Å². The minimum atomic E-state index is -0.572.